The van der Waals surface area contributed by atoms with Crippen LogP contribution in [0.1, 0.15) is 49.4 Å². The van der Waals surface area contributed by atoms with Gasteiger partial charge in [0.2, 0.25) is 0 Å². The van der Waals surface area contributed by atoms with Crippen molar-refractivity contribution in [2.75, 3.05) is 13.2 Å². The van der Waals surface area contributed by atoms with Crippen LogP contribution in [-0.2, 0) is 4.74 Å². The third-order valence-corrected chi connectivity index (χ3v) is 4.46. The first-order valence-electron chi connectivity index (χ1n) is 7.56. The Balaban J connectivity index is 2.28. The highest BCUT2D eigenvalue weighted by molar-refractivity contribution is 5.36. The summed E-state index contributed by atoms with van der Waals surface area (Å²) >= 11 is 0. The van der Waals surface area contributed by atoms with Crippen molar-refractivity contribution in [1.29, 1.82) is 0 Å². The van der Waals surface area contributed by atoms with Gasteiger partial charge in [-0.25, -0.2) is 0 Å². The van der Waals surface area contributed by atoms with Crippen molar-refractivity contribution < 1.29 is 4.74 Å². The number of hydrogen-bond donors (Lipinski definition) is 1. The summed E-state index contributed by atoms with van der Waals surface area (Å²) in [5, 5.41) is 3.75. The van der Waals surface area contributed by atoms with E-state index in [2.05, 4.69) is 51.2 Å². The lowest BCUT2D eigenvalue weighted by Gasteiger charge is -2.29. The number of nitrogens with one attached hydrogen (secondary N) is 1. The summed E-state index contributed by atoms with van der Waals surface area (Å²) in [5.41, 5.74) is 4.26. The minimum atomic E-state index is 0.356. The van der Waals surface area contributed by atoms with Gasteiger partial charge in [0.15, 0.2) is 0 Å². The monoisotopic (exact) mass is 261 g/mol. The molecule has 2 heteroatoms. The first kappa shape index (κ1) is 14.5. The van der Waals surface area contributed by atoms with Crippen molar-refractivity contribution in [3.63, 3.8) is 0 Å². The number of rotatable bonds is 5. The first-order valence-corrected chi connectivity index (χ1v) is 7.56. The fraction of sp³-hybridized carbons (Fsp3) is 0.647. The van der Waals surface area contributed by atoms with E-state index in [1.54, 1.807) is 0 Å². The van der Waals surface area contributed by atoms with E-state index in [-0.39, 0.29) is 0 Å². The Labute approximate surface area is 117 Å². The maximum atomic E-state index is 5.78. The first-order chi connectivity index (χ1) is 9.15. The second kappa shape index (κ2) is 6.53. The summed E-state index contributed by atoms with van der Waals surface area (Å²) in [6, 6.07) is 7.08. The van der Waals surface area contributed by atoms with Gasteiger partial charge in [0.25, 0.3) is 0 Å². The third kappa shape index (κ3) is 3.18. The number of ether oxygens (including phenoxy) is 1. The van der Waals surface area contributed by atoms with Gasteiger partial charge in [0, 0.05) is 18.6 Å². The molecule has 1 aliphatic rings. The molecule has 1 N–H and O–H groups in total. The van der Waals surface area contributed by atoms with Gasteiger partial charge < -0.3 is 10.1 Å². The highest BCUT2D eigenvalue weighted by atomic mass is 16.5. The van der Waals surface area contributed by atoms with Crippen LogP contribution in [0, 0.1) is 19.8 Å². The minimum Gasteiger partial charge on any atom is -0.378 e. The van der Waals surface area contributed by atoms with E-state index in [0.717, 1.165) is 19.6 Å². The van der Waals surface area contributed by atoms with Crippen LogP contribution in [0.5, 0.6) is 0 Å². The second-order valence-corrected chi connectivity index (χ2v) is 5.75. The Morgan fingerprint density at radius 3 is 2.79 bits per heavy atom. The fourth-order valence-electron chi connectivity index (χ4n) is 3.09. The SMILES string of the molecule is CCCNC(c1cccc(C)c1C)C1CCOC1C. The lowest BCUT2D eigenvalue weighted by Crippen LogP contribution is -2.33. The molecule has 1 heterocycles. The molecule has 1 aliphatic heterocycles. The molecule has 19 heavy (non-hydrogen) atoms. The quantitative estimate of drug-likeness (QED) is 0.871. The van der Waals surface area contributed by atoms with Gasteiger partial charge in [0.1, 0.15) is 0 Å². The van der Waals surface area contributed by atoms with E-state index in [1.165, 1.54) is 23.1 Å². The minimum absolute atomic E-state index is 0.356. The van der Waals surface area contributed by atoms with Crippen molar-refractivity contribution in [2.24, 2.45) is 5.92 Å². The molecular weight excluding hydrogens is 234 g/mol. The zero-order valence-corrected chi connectivity index (χ0v) is 12.7. The average Bonchev–Trinajstić information content (AvgIpc) is 2.81. The molecule has 0 saturated carbocycles. The molecule has 0 radical (unpaired) electrons. The van der Waals surface area contributed by atoms with Gasteiger partial charge in [-0.15, -0.1) is 0 Å². The molecular formula is C17H27NO. The summed E-state index contributed by atoms with van der Waals surface area (Å²) in [4.78, 5) is 0. The molecule has 1 aromatic carbocycles. The maximum Gasteiger partial charge on any atom is 0.0594 e. The highest BCUT2D eigenvalue weighted by Crippen LogP contribution is 2.35. The smallest absolute Gasteiger partial charge is 0.0594 e. The molecule has 3 atom stereocenters. The van der Waals surface area contributed by atoms with Crippen LogP contribution in [0.15, 0.2) is 18.2 Å². The Kier molecular flexibility index (Phi) is 5.00. The lowest BCUT2D eigenvalue weighted by atomic mass is 9.85. The molecule has 106 valence electrons. The van der Waals surface area contributed by atoms with Crippen LogP contribution in [0.2, 0.25) is 0 Å². The van der Waals surface area contributed by atoms with E-state index in [4.69, 9.17) is 4.74 Å². The second-order valence-electron chi connectivity index (χ2n) is 5.75. The molecule has 1 saturated heterocycles. The molecule has 0 spiro atoms. The van der Waals surface area contributed by atoms with Gasteiger partial charge in [-0.05, 0) is 56.8 Å². The van der Waals surface area contributed by atoms with Crippen LogP contribution >= 0.6 is 0 Å². The summed E-state index contributed by atoms with van der Waals surface area (Å²) in [6.07, 6.45) is 2.69. The standard InChI is InChI=1S/C17H27NO/c1-5-10-18-17(16-9-11-19-14(16)4)15-8-6-7-12(2)13(15)3/h6-8,14,16-18H,5,9-11H2,1-4H3. The largest absolute Gasteiger partial charge is 0.378 e. The zero-order chi connectivity index (χ0) is 13.8. The Morgan fingerprint density at radius 1 is 1.37 bits per heavy atom. The van der Waals surface area contributed by atoms with Gasteiger partial charge in [-0.1, -0.05) is 25.1 Å². The summed E-state index contributed by atoms with van der Waals surface area (Å²) in [5.74, 6) is 0.590. The molecule has 3 unspecified atom stereocenters. The molecule has 2 nitrogen and oxygen atoms in total. The molecule has 0 bridgehead atoms. The van der Waals surface area contributed by atoms with Gasteiger partial charge in [-0.3, -0.25) is 0 Å². The Morgan fingerprint density at radius 2 is 2.16 bits per heavy atom. The van der Waals surface area contributed by atoms with Crippen LogP contribution in [0.25, 0.3) is 0 Å². The van der Waals surface area contributed by atoms with Crippen molar-refractivity contribution in [1.82, 2.24) is 5.32 Å². The van der Waals surface area contributed by atoms with Crippen LogP contribution in [-0.4, -0.2) is 19.3 Å². The molecule has 0 aliphatic carbocycles. The van der Waals surface area contributed by atoms with Gasteiger partial charge >= 0.3 is 0 Å². The van der Waals surface area contributed by atoms with E-state index in [1.807, 2.05) is 0 Å². The van der Waals surface area contributed by atoms with Crippen molar-refractivity contribution in [2.45, 2.75) is 52.7 Å². The topological polar surface area (TPSA) is 21.3 Å². The lowest BCUT2D eigenvalue weighted by molar-refractivity contribution is 0.0953. The summed E-state index contributed by atoms with van der Waals surface area (Å²) in [7, 11) is 0. The predicted octanol–water partition coefficient (Wildman–Crippen LogP) is 3.77. The number of hydrogen-bond acceptors (Lipinski definition) is 2. The fourth-order valence-corrected chi connectivity index (χ4v) is 3.09. The van der Waals surface area contributed by atoms with E-state index in [0.29, 0.717) is 18.1 Å². The van der Waals surface area contributed by atoms with E-state index >= 15 is 0 Å². The van der Waals surface area contributed by atoms with Crippen LogP contribution in [0.3, 0.4) is 0 Å². The number of benzene rings is 1. The van der Waals surface area contributed by atoms with Crippen molar-refractivity contribution >= 4 is 0 Å². The van der Waals surface area contributed by atoms with Crippen LogP contribution in [0.4, 0.5) is 0 Å². The van der Waals surface area contributed by atoms with Gasteiger partial charge in [-0.2, -0.15) is 0 Å². The summed E-state index contributed by atoms with van der Waals surface area (Å²) < 4.78 is 5.78. The van der Waals surface area contributed by atoms with E-state index in [9.17, 15) is 0 Å². The molecule has 0 amide bonds. The third-order valence-electron chi connectivity index (χ3n) is 4.46. The van der Waals surface area contributed by atoms with Crippen molar-refractivity contribution in [3.8, 4) is 0 Å². The highest BCUT2D eigenvalue weighted by Gasteiger charge is 2.33. The molecule has 1 fully saturated rings. The normalized spacial score (nSPS) is 24.6. The zero-order valence-electron chi connectivity index (χ0n) is 12.7. The Hall–Kier alpha value is -0.860. The molecule has 1 aromatic rings. The predicted molar refractivity (Wildman–Crippen MR) is 80.5 cm³/mol. The molecule has 0 aromatic heterocycles. The van der Waals surface area contributed by atoms with Crippen LogP contribution < -0.4 is 5.32 Å². The van der Waals surface area contributed by atoms with Crippen molar-refractivity contribution in [3.05, 3.63) is 34.9 Å². The van der Waals surface area contributed by atoms with E-state index < -0.39 is 0 Å². The van der Waals surface area contributed by atoms with Gasteiger partial charge in [0.05, 0.1) is 6.10 Å². The summed E-state index contributed by atoms with van der Waals surface area (Å²) in [6.45, 7) is 10.9. The molecule has 2 rings (SSSR count). The number of aryl methyl sites for hydroxylation is 1. The average molecular weight is 261 g/mol. The Bertz CT molecular complexity index is 416. The maximum absolute atomic E-state index is 5.78.